The summed E-state index contributed by atoms with van der Waals surface area (Å²) in [4.78, 5) is 0. The van der Waals surface area contributed by atoms with Gasteiger partial charge in [0.1, 0.15) is 0 Å². The van der Waals surface area contributed by atoms with Gasteiger partial charge < -0.3 is 4.74 Å². The van der Waals surface area contributed by atoms with Crippen molar-refractivity contribution in [1.82, 2.24) is 0 Å². The molecule has 0 aliphatic carbocycles. The SMILES string of the molecule is CCc1ccccc1C(CC(F)(F)C(F)(F)C(F)(F)C(F)(F)F)OC. The molecule has 0 N–H and O–H groups in total. The van der Waals surface area contributed by atoms with Gasteiger partial charge in [-0.25, -0.2) is 0 Å². The molecule has 25 heavy (non-hydrogen) atoms. The van der Waals surface area contributed by atoms with Gasteiger partial charge in [0.25, 0.3) is 0 Å². The highest BCUT2D eigenvalue weighted by molar-refractivity contribution is 5.29. The van der Waals surface area contributed by atoms with Crippen LogP contribution in [0, 0.1) is 0 Å². The maximum Gasteiger partial charge on any atom is 0.460 e. The van der Waals surface area contributed by atoms with Crippen LogP contribution in [0.2, 0.25) is 0 Å². The molecule has 1 aromatic rings. The number of ether oxygens (including phenoxy) is 1. The van der Waals surface area contributed by atoms with Gasteiger partial charge >= 0.3 is 23.9 Å². The number of alkyl halides is 9. The molecule has 1 atom stereocenters. The van der Waals surface area contributed by atoms with E-state index in [9.17, 15) is 39.5 Å². The van der Waals surface area contributed by atoms with E-state index < -0.39 is 36.5 Å². The molecule has 0 radical (unpaired) electrons. The lowest BCUT2D eigenvalue weighted by Crippen LogP contribution is -2.61. The highest BCUT2D eigenvalue weighted by Gasteiger charge is 2.81. The normalized spacial score (nSPS) is 15.3. The molecule has 0 aliphatic heterocycles. The zero-order valence-electron chi connectivity index (χ0n) is 13.1. The zero-order valence-corrected chi connectivity index (χ0v) is 13.1. The van der Waals surface area contributed by atoms with Crippen molar-refractivity contribution in [3.63, 3.8) is 0 Å². The van der Waals surface area contributed by atoms with Crippen LogP contribution >= 0.6 is 0 Å². The third-order valence-electron chi connectivity index (χ3n) is 3.72. The summed E-state index contributed by atoms with van der Waals surface area (Å²) in [6, 6.07) is 5.63. The van der Waals surface area contributed by atoms with Gasteiger partial charge in [-0.1, -0.05) is 31.2 Å². The van der Waals surface area contributed by atoms with Crippen LogP contribution in [0.15, 0.2) is 24.3 Å². The van der Waals surface area contributed by atoms with E-state index in [1.807, 2.05) is 0 Å². The molecule has 0 amide bonds. The summed E-state index contributed by atoms with van der Waals surface area (Å²) in [5.74, 6) is -19.2. The highest BCUT2D eigenvalue weighted by atomic mass is 19.4. The van der Waals surface area contributed by atoms with Gasteiger partial charge in [0.2, 0.25) is 0 Å². The van der Waals surface area contributed by atoms with E-state index in [0.717, 1.165) is 7.11 Å². The van der Waals surface area contributed by atoms with E-state index in [1.165, 1.54) is 24.3 Å². The van der Waals surface area contributed by atoms with Gasteiger partial charge in [0.05, 0.1) is 6.10 Å². The van der Waals surface area contributed by atoms with Crippen molar-refractivity contribution in [2.75, 3.05) is 7.11 Å². The first-order chi connectivity index (χ1) is 11.2. The van der Waals surface area contributed by atoms with Crippen LogP contribution in [-0.2, 0) is 11.2 Å². The molecule has 0 aliphatic rings. The molecule has 1 unspecified atom stereocenters. The fourth-order valence-electron chi connectivity index (χ4n) is 2.26. The molecule has 0 spiro atoms. The van der Waals surface area contributed by atoms with Crippen molar-refractivity contribution in [2.24, 2.45) is 0 Å². The first kappa shape index (κ1) is 21.6. The molecule has 0 saturated heterocycles. The topological polar surface area (TPSA) is 9.23 Å². The lowest BCUT2D eigenvalue weighted by molar-refractivity contribution is -0.398. The standard InChI is InChI=1S/C15H15F9O/c1-3-9-6-4-5-7-10(9)11(25-2)8-12(16,17)13(18,19)14(20,21)15(22,23)24/h4-7,11H,3,8H2,1-2H3. The summed E-state index contributed by atoms with van der Waals surface area (Å²) in [5, 5.41) is 0. The number of aryl methyl sites for hydroxylation is 1. The minimum atomic E-state index is -6.90. The van der Waals surface area contributed by atoms with Gasteiger partial charge in [-0.3, -0.25) is 0 Å². The third kappa shape index (κ3) is 3.88. The average Bonchev–Trinajstić information content (AvgIpc) is 2.51. The summed E-state index contributed by atoms with van der Waals surface area (Å²) in [6.45, 7) is 1.62. The first-order valence-electron chi connectivity index (χ1n) is 7.03. The molecule has 0 saturated carbocycles. The zero-order chi connectivity index (χ0) is 19.7. The molecule has 144 valence electrons. The third-order valence-corrected chi connectivity index (χ3v) is 3.72. The average molecular weight is 382 g/mol. The molecule has 1 rings (SSSR count). The van der Waals surface area contributed by atoms with Gasteiger partial charge in [0.15, 0.2) is 0 Å². The van der Waals surface area contributed by atoms with E-state index in [4.69, 9.17) is 0 Å². The Bertz CT molecular complexity index is 581. The van der Waals surface area contributed by atoms with Crippen LogP contribution in [-0.4, -0.2) is 31.1 Å². The number of hydrogen-bond acceptors (Lipinski definition) is 1. The van der Waals surface area contributed by atoms with Crippen LogP contribution in [0.3, 0.4) is 0 Å². The number of benzene rings is 1. The summed E-state index contributed by atoms with van der Waals surface area (Å²) < 4.78 is 121. The van der Waals surface area contributed by atoms with Gasteiger partial charge in [-0.2, -0.15) is 39.5 Å². The molecular weight excluding hydrogens is 367 g/mol. The van der Waals surface area contributed by atoms with Crippen molar-refractivity contribution >= 4 is 0 Å². The number of halogens is 9. The molecule has 0 aromatic heterocycles. The Hall–Kier alpha value is -1.45. The van der Waals surface area contributed by atoms with E-state index >= 15 is 0 Å². The number of methoxy groups -OCH3 is 1. The van der Waals surface area contributed by atoms with Gasteiger partial charge in [-0.05, 0) is 17.5 Å². The quantitative estimate of drug-likeness (QED) is 0.542. The molecule has 1 aromatic carbocycles. The Labute approximate surface area is 137 Å². The summed E-state index contributed by atoms with van der Waals surface area (Å²) >= 11 is 0. The minimum absolute atomic E-state index is 0.0123. The smallest absolute Gasteiger partial charge is 0.377 e. The van der Waals surface area contributed by atoms with E-state index in [2.05, 4.69) is 4.74 Å². The second-order valence-corrected chi connectivity index (χ2v) is 5.33. The van der Waals surface area contributed by atoms with Crippen molar-refractivity contribution < 1.29 is 44.3 Å². The van der Waals surface area contributed by atoms with Gasteiger partial charge in [0, 0.05) is 13.5 Å². The maximum absolute atomic E-state index is 13.8. The second kappa shape index (κ2) is 7.05. The van der Waals surface area contributed by atoms with E-state index in [0.29, 0.717) is 5.56 Å². The summed E-state index contributed by atoms with van der Waals surface area (Å²) in [6.07, 6.45) is -10.4. The second-order valence-electron chi connectivity index (χ2n) is 5.33. The number of hydrogen-bond donors (Lipinski definition) is 0. The van der Waals surface area contributed by atoms with Crippen molar-refractivity contribution in [3.8, 4) is 0 Å². The molecule has 10 heteroatoms. The lowest BCUT2D eigenvalue weighted by Gasteiger charge is -2.35. The Kier molecular flexibility index (Phi) is 6.09. The predicted molar refractivity (Wildman–Crippen MR) is 71.1 cm³/mol. The fourth-order valence-corrected chi connectivity index (χ4v) is 2.26. The first-order valence-corrected chi connectivity index (χ1v) is 7.03. The largest absolute Gasteiger partial charge is 0.460 e. The Morgan fingerprint density at radius 1 is 0.880 bits per heavy atom. The predicted octanol–water partition coefficient (Wildman–Crippen LogP) is 5.79. The molecule has 0 bridgehead atoms. The monoisotopic (exact) mass is 382 g/mol. The highest BCUT2D eigenvalue weighted by Crippen LogP contribution is 2.55. The lowest BCUT2D eigenvalue weighted by atomic mass is 9.92. The molecule has 0 heterocycles. The summed E-state index contributed by atoms with van der Waals surface area (Å²) in [5.41, 5.74) is 0.425. The molecule has 1 nitrogen and oxygen atoms in total. The van der Waals surface area contributed by atoms with Gasteiger partial charge in [-0.15, -0.1) is 0 Å². The number of rotatable bonds is 7. The Morgan fingerprint density at radius 3 is 1.84 bits per heavy atom. The van der Waals surface area contributed by atoms with E-state index in [1.54, 1.807) is 6.92 Å². The van der Waals surface area contributed by atoms with Crippen LogP contribution in [0.25, 0.3) is 0 Å². The summed E-state index contributed by atoms with van der Waals surface area (Å²) in [7, 11) is 0.868. The van der Waals surface area contributed by atoms with Crippen LogP contribution < -0.4 is 0 Å². The minimum Gasteiger partial charge on any atom is -0.377 e. The van der Waals surface area contributed by atoms with Crippen molar-refractivity contribution in [3.05, 3.63) is 35.4 Å². The van der Waals surface area contributed by atoms with Crippen molar-refractivity contribution in [2.45, 2.75) is 49.8 Å². The molecule has 0 fully saturated rings. The van der Waals surface area contributed by atoms with E-state index in [-0.39, 0.29) is 12.0 Å². The van der Waals surface area contributed by atoms with Crippen LogP contribution in [0.4, 0.5) is 39.5 Å². The van der Waals surface area contributed by atoms with Crippen LogP contribution in [0.5, 0.6) is 0 Å². The van der Waals surface area contributed by atoms with Crippen LogP contribution in [0.1, 0.15) is 30.6 Å². The Morgan fingerprint density at radius 2 is 1.40 bits per heavy atom. The fraction of sp³-hybridized carbons (Fsp3) is 0.600. The molecular formula is C15H15F9O. The Balaban J connectivity index is 3.24. The maximum atomic E-state index is 13.8. The van der Waals surface area contributed by atoms with Crippen molar-refractivity contribution in [1.29, 1.82) is 0 Å².